The van der Waals surface area contributed by atoms with Gasteiger partial charge in [-0.1, -0.05) is 12.1 Å². The van der Waals surface area contributed by atoms with Crippen LogP contribution in [0.3, 0.4) is 0 Å². The van der Waals surface area contributed by atoms with Gasteiger partial charge in [-0.05, 0) is 17.7 Å². The van der Waals surface area contributed by atoms with Crippen LogP contribution >= 0.6 is 0 Å². The van der Waals surface area contributed by atoms with E-state index in [9.17, 15) is 9.18 Å². The summed E-state index contributed by atoms with van der Waals surface area (Å²) in [4.78, 5) is 10.1. The number of carboxylic acid groups (broad SMARTS) is 1. The fourth-order valence-electron chi connectivity index (χ4n) is 0.725. The zero-order valence-electron chi connectivity index (χ0n) is 6.12. The normalized spacial score (nSPS) is 10.4. The Morgan fingerprint density at radius 2 is 2.42 bits per heavy atom. The van der Waals surface area contributed by atoms with Crippen LogP contribution in [0.15, 0.2) is 24.3 Å². The van der Waals surface area contributed by atoms with Crippen molar-refractivity contribution in [1.29, 1.82) is 0 Å². The number of hydrogen-bond donors (Lipinski definition) is 1. The van der Waals surface area contributed by atoms with Crippen molar-refractivity contribution < 1.29 is 14.3 Å². The van der Waals surface area contributed by atoms with Gasteiger partial charge >= 0.3 is 5.97 Å². The van der Waals surface area contributed by atoms with Crippen molar-refractivity contribution in [2.24, 2.45) is 0 Å². The molecule has 0 aliphatic carbocycles. The maximum atomic E-state index is 12.5. The number of rotatable bonds is 2. The molecule has 1 aromatic carbocycles. The minimum Gasteiger partial charge on any atom is -0.478 e. The quantitative estimate of drug-likeness (QED) is 0.677. The van der Waals surface area contributed by atoms with E-state index in [2.05, 4.69) is 6.07 Å². The van der Waals surface area contributed by atoms with Crippen LogP contribution in [0.1, 0.15) is 5.56 Å². The summed E-state index contributed by atoms with van der Waals surface area (Å²) in [5.41, 5.74) is 0.508. The molecule has 0 amide bonds. The van der Waals surface area contributed by atoms with Gasteiger partial charge < -0.3 is 5.11 Å². The highest BCUT2D eigenvalue weighted by Crippen LogP contribution is 2.04. The van der Waals surface area contributed by atoms with E-state index in [0.29, 0.717) is 5.56 Å². The zero-order chi connectivity index (χ0) is 8.97. The van der Waals surface area contributed by atoms with E-state index in [1.54, 1.807) is 6.07 Å². The molecule has 1 aromatic rings. The van der Waals surface area contributed by atoms with Gasteiger partial charge in [0.15, 0.2) is 0 Å². The summed E-state index contributed by atoms with van der Waals surface area (Å²) in [6.07, 6.45) is 2.27. The average Bonchev–Trinajstić information content (AvgIpc) is 2.01. The molecule has 0 spiro atoms. The number of halogens is 1. The summed E-state index contributed by atoms with van der Waals surface area (Å²) in [5.74, 6) is -1.55. The van der Waals surface area contributed by atoms with Gasteiger partial charge in [-0.15, -0.1) is 0 Å². The molecule has 2 nitrogen and oxygen atoms in total. The van der Waals surface area contributed by atoms with E-state index in [1.165, 1.54) is 18.2 Å². The highest BCUT2D eigenvalue weighted by molar-refractivity contribution is 5.85. The maximum Gasteiger partial charge on any atom is 0.328 e. The lowest BCUT2D eigenvalue weighted by molar-refractivity contribution is -0.131. The molecule has 61 valence electrons. The van der Waals surface area contributed by atoms with Crippen LogP contribution in [0.25, 0.3) is 6.08 Å². The van der Waals surface area contributed by atoms with E-state index in [1.807, 2.05) is 0 Å². The fraction of sp³-hybridized carbons (Fsp3) is 0. The van der Waals surface area contributed by atoms with Crippen molar-refractivity contribution in [2.75, 3.05) is 0 Å². The molecule has 0 aliphatic heterocycles. The topological polar surface area (TPSA) is 37.3 Å². The van der Waals surface area contributed by atoms with Gasteiger partial charge in [0.05, 0.1) is 0 Å². The molecule has 1 radical (unpaired) electrons. The van der Waals surface area contributed by atoms with Crippen molar-refractivity contribution in [3.63, 3.8) is 0 Å². The molecule has 0 aromatic heterocycles. The third-order valence-electron chi connectivity index (χ3n) is 1.21. The third kappa shape index (κ3) is 2.54. The molecule has 1 N–H and O–H groups in total. The highest BCUT2D eigenvalue weighted by atomic mass is 19.1. The van der Waals surface area contributed by atoms with Gasteiger partial charge in [0.25, 0.3) is 0 Å². The summed E-state index contributed by atoms with van der Waals surface area (Å²) in [7, 11) is 0. The Balaban J connectivity index is 2.83. The lowest BCUT2D eigenvalue weighted by Crippen LogP contribution is -1.85. The molecular weight excluding hydrogens is 159 g/mol. The minimum atomic E-state index is -1.05. The molecule has 1 rings (SSSR count). The standard InChI is InChI=1S/C9H6FO2/c10-8-3-1-2-7(6-8)4-5-9(11)12/h1-2,4-6H,(H,11,12). The van der Waals surface area contributed by atoms with Gasteiger partial charge in [-0.2, -0.15) is 0 Å². The molecule has 3 heteroatoms. The van der Waals surface area contributed by atoms with E-state index in [0.717, 1.165) is 6.08 Å². The molecule has 0 bridgehead atoms. The Hall–Kier alpha value is -1.64. The van der Waals surface area contributed by atoms with E-state index in [-0.39, 0.29) is 0 Å². The Kier molecular flexibility index (Phi) is 2.58. The first-order valence-corrected chi connectivity index (χ1v) is 3.27. The second-order valence-electron chi connectivity index (χ2n) is 2.14. The predicted molar refractivity (Wildman–Crippen MR) is 41.9 cm³/mol. The average molecular weight is 165 g/mol. The number of carbonyl (C=O) groups is 1. The number of aliphatic carboxylic acids is 1. The van der Waals surface area contributed by atoms with Crippen LogP contribution in [0, 0.1) is 11.9 Å². The second-order valence-corrected chi connectivity index (χ2v) is 2.14. The van der Waals surface area contributed by atoms with Crippen LogP contribution in [-0.4, -0.2) is 11.1 Å². The summed E-state index contributed by atoms with van der Waals surface area (Å²) >= 11 is 0. The summed E-state index contributed by atoms with van der Waals surface area (Å²) in [5, 5.41) is 8.26. The van der Waals surface area contributed by atoms with Crippen molar-refractivity contribution in [3.8, 4) is 0 Å². The lowest BCUT2D eigenvalue weighted by Gasteiger charge is -1.90. The maximum absolute atomic E-state index is 12.5. The first-order chi connectivity index (χ1) is 5.68. The molecule has 0 heterocycles. The third-order valence-corrected chi connectivity index (χ3v) is 1.21. The molecule has 0 saturated heterocycles. The lowest BCUT2D eigenvalue weighted by atomic mass is 10.2. The van der Waals surface area contributed by atoms with Gasteiger partial charge in [0, 0.05) is 12.1 Å². The zero-order valence-corrected chi connectivity index (χ0v) is 6.12. The summed E-state index contributed by atoms with van der Waals surface area (Å²) < 4.78 is 12.5. The van der Waals surface area contributed by atoms with Crippen molar-refractivity contribution in [3.05, 3.63) is 41.7 Å². The van der Waals surface area contributed by atoms with Gasteiger partial charge in [0.1, 0.15) is 5.82 Å². The van der Waals surface area contributed by atoms with Crippen LogP contribution in [-0.2, 0) is 4.79 Å². The van der Waals surface area contributed by atoms with Crippen LogP contribution < -0.4 is 0 Å². The first kappa shape index (κ1) is 8.46. The Labute approximate surface area is 69.0 Å². The fourth-order valence-corrected chi connectivity index (χ4v) is 0.725. The number of benzene rings is 1. The van der Waals surface area contributed by atoms with Crippen LogP contribution in [0.4, 0.5) is 4.39 Å². The van der Waals surface area contributed by atoms with Crippen LogP contribution in [0.2, 0.25) is 0 Å². The summed E-state index contributed by atoms with van der Waals surface area (Å²) in [6.45, 7) is 0. The van der Waals surface area contributed by atoms with Crippen molar-refractivity contribution in [1.82, 2.24) is 0 Å². The Morgan fingerprint density at radius 3 is 3.00 bits per heavy atom. The first-order valence-electron chi connectivity index (χ1n) is 3.27. The van der Waals surface area contributed by atoms with E-state index < -0.39 is 11.8 Å². The molecule has 0 aliphatic rings. The molecule has 12 heavy (non-hydrogen) atoms. The smallest absolute Gasteiger partial charge is 0.328 e. The van der Waals surface area contributed by atoms with Gasteiger partial charge in [-0.25, -0.2) is 9.18 Å². The van der Waals surface area contributed by atoms with Crippen molar-refractivity contribution >= 4 is 12.0 Å². The van der Waals surface area contributed by atoms with Gasteiger partial charge in [-0.3, -0.25) is 0 Å². The molecule has 0 unspecified atom stereocenters. The minimum absolute atomic E-state index is 0.498. The molecular formula is C9H6FO2. The highest BCUT2D eigenvalue weighted by Gasteiger charge is 1.91. The summed E-state index contributed by atoms with van der Waals surface area (Å²) in [6, 6.07) is 6.49. The monoisotopic (exact) mass is 165 g/mol. The SMILES string of the molecule is O=C(O)C=Cc1cc[c]c(F)c1. The van der Waals surface area contributed by atoms with Crippen LogP contribution in [0.5, 0.6) is 0 Å². The molecule has 0 atom stereocenters. The molecule has 0 saturated carbocycles. The number of hydrogen-bond acceptors (Lipinski definition) is 1. The largest absolute Gasteiger partial charge is 0.478 e. The Morgan fingerprint density at radius 1 is 1.67 bits per heavy atom. The van der Waals surface area contributed by atoms with Gasteiger partial charge in [0.2, 0.25) is 0 Å². The predicted octanol–water partition coefficient (Wildman–Crippen LogP) is 1.72. The van der Waals surface area contributed by atoms with E-state index in [4.69, 9.17) is 5.11 Å². The Bertz CT molecular complexity index is 318. The number of carboxylic acids is 1. The van der Waals surface area contributed by atoms with E-state index >= 15 is 0 Å². The second kappa shape index (κ2) is 3.67. The van der Waals surface area contributed by atoms with Crippen molar-refractivity contribution in [2.45, 2.75) is 0 Å². The molecule has 0 fully saturated rings.